The number of ether oxygens (including phenoxy) is 1. The van der Waals surface area contributed by atoms with Crippen molar-refractivity contribution in [3.05, 3.63) is 47.3 Å². The number of aldehydes is 1. The van der Waals surface area contributed by atoms with Gasteiger partial charge >= 0.3 is 0 Å². The quantitative estimate of drug-likeness (QED) is 0.522. The molecule has 1 aromatic rings. The maximum atomic E-state index is 12.6. The summed E-state index contributed by atoms with van der Waals surface area (Å²) in [7, 11) is 1.65. The van der Waals surface area contributed by atoms with Gasteiger partial charge in [-0.15, -0.1) is 0 Å². The standard InChI is InChI=1S/C21H29N2O3P.CH4O/c1-2-21(15-24)10-18(14-27-16-21)11-22-20(25)19-13-23(8-9-26-19)12-17-6-4-3-5-7-17;1-2/h3-7,14-15,19,27H,2,8-13,16H2,1H3,(H,22,25);2H,1H3. The molecule has 1 fully saturated rings. The number of amides is 1. The molecule has 29 heavy (non-hydrogen) atoms. The molecule has 3 atom stereocenters. The van der Waals surface area contributed by atoms with E-state index in [1.54, 1.807) is 0 Å². The molecule has 0 radical (unpaired) electrons. The monoisotopic (exact) mass is 420 g/mol. The van der Waals surface area contributed by atoms with Gasteiger partial charge in [0.05, 0.1) is 6.61 Å². The van der Waals surface area contributed by atoms with E-state index in [4.69, 9.17) is 9.84 Å². The Balaban J connectivity index is 0.00000145. The van der Waals surface area contributed by atoms with Gasteiger partial charge in [-0.25, -0.2) is 0 Å². The summed E-state index contributed by atoms with van der Waals surface area (Å²) in [5.41, 5.74) is 2.18. The number of benzene rings is 1. The molecule has 7 heteroatoms. The lowest BCUT2D eigenvalue weighted by molar-refractivity contribution is -0.138. The first-order valence-corrected chi connectivity index (χ1v) is 11.4. The minimum Gasteiger partial charge on any atom is -0.400 e. The number of nitrogens with zero attached hydrogens (tertiary/aromatic N) is 1. The third-order valence-electron chi connectivity index (χ3n) is 5.48. The molecule has 160 valence electrons. The van der Waals surface area contributed by atoms with Crippen LogP contribution in [-0.2, 0) is 20.9 Å². The van der Waals surface area contributed by atoms with Crippen LogP contribution in [0.15, 0.2) is 41.7 Å². The Morgan fingerprint density at radius 3 is 2.83 bits per heavy atom. The fraction of sp³-hybridized carbons (Fsp3) is 0.545. The van der Waals surface area contributed by atoms with Crippen LogP contribution in [0.25, 0.3) is 0 Å². The molecule has 1 amide bonds. The smallest absolute Gasteiger partial charge is 0.250 e. The van der Waals surface area contributed by atoms with E-state index >= 15 is 0 Å². The van der Waals surface area contributed by atoms with Crippen molar-refractivity contribution < 1.29 is 19.4 Å². The van der Waals surface area contributed by atoms with Crippen molar-refractivity contribution in [3.8, 4) is 0 Å². The predicted molar refractivity (Wildman–Crippen MR) is 117 cm³/mol. The van der Waals surface area contributed by atoms with Crippen LogP contribution in [0.4, 0.5) is 0 Å². The van der Waals surface area contributed by atoms with E-state index in [0.29, 0.717) is 28.3 Å². The number of hydrogen-bond acceptors (Lipinski definition) is 5. The highest BCUT2D eigenvalue weighted by Gasteiger charge is 2.32. The lowest BCUT2D eigenvalue weighted by Gasteiger charge is -2.33. The number of carbonyl (C=O) groups excluding carboxylic acids is 2. The number of aliphatic hydroxyl groups excluding tert-OH is 1. The molecule has 0 bridgehead atoms. The van der Waals surface area contributed by atoms with Crippen LogP contribution in [0.3, 0.4) is 0 Å². The number of aliphatic hydroxyl groups is 1. The van der Waals surface area contributed by atoms with Crippen molar-refractivity contribution in [1.29, 1.82) is 0 Å². The SMILES string of the molecule is CCC1(C=O)CPC=C(CNC(=O)C2CN(Cc3ccccc3)CCO2)C1.CO. The van der Waals surface area contributed by atoms with E-state index in [9.17, 15) is 9.59 Å². The zero-order valence-corrected chi connectivity index (χ0v) is 18.4. The fourth-order valence-electron chi connectivity index (χ4n) is 3.66. The van der Waals surface area contributed by atoms with E-state index in [1.807, 2.05) is 18.2 Å². The highest BCUT2D eigenvalue weighted by atomic mass is 31.1. The number of hydrogen-bond donors (Lipinski definition) is 2. The van der Waals surface area contributed by atoms with E-state index in [0.717, 1.165) is 45.5 Å². The molecule has 2 aliphatic heterocycles. The first kappa shape index (κ1) is 23.7. The summed E-state index contributed by atoms with van der Waals surface area (Å²) in [6.07, 6.45) is 3.22. The molecule has 3 unspecified atom stereocenters. The maximum Gasteiger partial charge on any atom is 0.250 e. The van der Waals surface area contributed by atoms with Crippen molar-refractivity contribution in [3.63, 3.8) is 0 Å². The molecule has 2 N–H and O–H groups in total. The van der Waals surface area contributed by atoms with Gasteiger partial charge in [0.25, 0.3) is 5.91 Å². The molecule has 0 spiro atoms. The third kappa shape index (κ3) is 7.00. The van der Waals surface area contributed by atoms with Gasteiger partial charge in [0.15, 0.2) is 0 Å². The highest BCUT2D eigenvalue weighted by molar-refractivity contribution is 7.41. The van der Waals surface area contributed by atoms with E-state index < -0.39 is 6.10 Å². The summed E-state index contributed by atoms with van der Waals surface area (Å²) >= 11 is 0. The van der Waals surface area contributed by atoms with Crippen molar-refractivity contribution in [2.45, 2.75) is 32.4 Å². The Bertz CT molecular complexity index is 683. The Morgan fingerprint density at radius 1 is 1.38 bits per heavy atom. The molecule has 3 rings (SSSR count). The van der Waals surface area contributed by atoms with E-state index in [-0.39, 0.29) is 11.3 Å². The van der Waals surface area contributed by atoms with Crippen molar-refractivity contribution in [1.82, 2.24) is 10.2 Å². The Labute approximate surface area is 175 Å². The van der Waals surface area contributed by atoms with Gasteiger partial charge in [-0.3, -0.25) is 9.69 Å². The van der Waals surface area contributed by atoms with E-state index in [2.05, 4.69) is 35.1 Å². The average Bonchev–Trinajstić information content (AvgIpc) is 2.80. The van der Waals surface area contributed by atoms with Gasteiger partial charge in [0, 0.05) is 38.7 Å². The van der Waals surface area contributed by atoms with Crippen LogP contribution in [0, 0.1) is 5.41 Å². The van der Waals surface area contributed by atoms with E-state index in [1.165, 1.54) is 11.1 Å². The van der Waals surface area contributed by atoms with Crippen LogP contribution < -0.4 is 5.32 Å². The van der Waals surface area contributed by atoms with Crippen molar-refractivity contribution >= 4 is 20.8 Å². The maximum absolute atomic E-state index is 12.6. The molecule has 6 nitrogen and oxygen atoms in total. The van der Waals surface area contributed by atoms with Crippen molar-refractivity contribution in [2.75, 3.05) is 39.5 Å². The molecule has 2 heterocycles. The molecular formula is C22H33N2O4P. The Hall–Kier alpha value is -1.59. The second-order valence-electron chi connectivity index (χ2n) is 7.49. The second kappa shape index (κ2) is 12.2. The van der Waals surface area contributed by atoms with Crippen LogP contribution in [0.5, 0.6) is 0 Å². The van der Waals surface area contributed by atoms with Crippen LogP contribution in [-0.4, -0.2) is 67.8 Å². The first-order valence-electron chi connectivity index (χ1n) is 10.1. The molecule has 1 saturated heterocycles. The molecular weight excluding hydrogens is 387 g/mol. The summed E-state index contributed by atoms with van der Waals surface area (Å²) in [5.74, 6) is 2.14. The lowest BCUT2D eigenvalue weighted by Crippen LogP contribution is -2.49. The number of morpholine rings is 1. The predicted octanol–water partition coefficient (Wildman–Crippen LogP) is 2.17. The zero-order chi connectivity index (χ0) is 21.1. The van der Waals surface area contributed by atoms with Gasteiger partial charge in [0.2, 0.25) is 0 Å². The summed E-state index contributed by atoms with van der Waals surface area (Å²) in [6, 6.07) is 10.3. The van der Waals surface area contributed by atoms with Gasteiger partial charge < -0.3 is 20.0 Å². The lowest BCUT2D eigenvalue weighted by atomic mass is 9.82. The minimum absolute atomic E-state index is 0.0595. The first-order chi connectivity index (χ1) is 14.1. The zero-order valence-electron chi connectivity index (χ0n) is 17.4. The van der Waals surface area contributed by atoms with Crippen LogP contribution in [0.2, 0.25) is 0 Å². The molecule has 1 aromatic carbocycles. The minimum atomic E-state index is -0.434. The third-order valence-corrected chi connectivity index (χ3v) is 7.00. The average molecular weight is 420 g/mol. The van der Waals surface area contributed by atoms with Crippen LogP contribution >= 0.6 is 8.58 Å². The van der Waals surface area contributed by atoms with Gasteiger partial charge in [-0.05, 0) is 30.1 Å². The van der Waals surface area contributed by atoms with Gasteiger partial charge in [0.1, 0.15) is 12.4 Å². The largest absolute Gasteiger partial charge is 0.400 e. The molecule has 0 aromatic heterocycles. The normalized spacial score (nSPS) is 25.5. The Kier molecular flexibility index (Phi) is 9.95. The van der Waals surface area contributed by atoms with Gasteiger partial charge in [-0.1, -0.05) is 51.7 Å². The van der Waals surface area contributed by atoms with Crippen molar-refractivity contribution in [2.24, 2.45) is 5.41 Å². The number of nitrogens with one attached hydrogen (secondary N) is 1. The highest BCUT2D eigenvalue weighted by Crippen LogP contribution is 2.40. The summed E-state index contributed by atoms with van der Waals surface area (Å²) in [6.45, 7) is 5.42. The number of carbonyl (C=O) groups is 2. The topological polar surface area (TPSA) is 78.9 Å². The molecule has 0 aliphatic carbocycles. The fourth-order valence-corrected chi connectivity index (χ4v) is 5.12. The van der Waals surface area contributed by atoms with Crippen LogP contribution in [0.1, 0.15) is 25.3 Å². The van der Waals surface area contributed by atoms with Gasteiger partial charge in [-0.2, -0.15) is 0 Å². The second-order valence-corrected chi connectivity index (χ2v) is 8.54. The molecule has 2 aliphatic rings. The number of rotatable bonds is 7. The Morgan fingerprint density at radius 2 is 2.14 bits per heavy atom. The molecule has 0 saturated carbocycles. The summed E-state index contributed by atoms with van der Waals surface area (Å²) in [5, 5.41) is 10.0. The summed E-state index contributed by atoms with van der Waals surface area (Å²) < 4.78 is 5.70. The summed E-state index contributed by atoms with van der Waals surface area (Å²) in [4.78, 5) is 26.3.